The van der Waals surface area contributed by atoms with Crippen LogP contribution in [0.1, 0.15) is 6.42 Å². The molecule has 0 amide bonds. The first-order chi connectivity index (χ1) is 8.19. The molecule has 1 aliphatic carbocycles. The van der Waals surface area contributed by atoms with Gasteiger partial charge in [-0.2, -0.15) is 9.97 Å². The Bertz CT molecular complexity index is 620. The Labute approximate surface area is 102 Å². The lowest BCUT2D eigenvalue weighted by Gasteiger charge is -1.97. The molecule has 3 rings (SSSR count). The molecule has 0 unspecified atom stereocenters. The van der Waals surface area contributed by atoms with Gasteiger partial charge in [-0.3, -0.25) is 4.57 Å². The standard InChI is InChI=1S/C10H10ClN5O/c11-8-7-9(15-10(12)14-8)16(4-13-7)2-5-1-6(5)3-17/h2,4,6,17H,1,3H2,(H2,12,14,15)/b5-2-/t6-/m1/s1. The summed E-state index contributed by atoms with van der Waals surface area (Å²) in [6.07, 6.45) is 4.42. The van der Waals surface area contributed by atoms with Crippen molar-refractivity contribution in [3.8, 4) is 0 Å². The third kappa shape index (κ3) is 1.75. The Morgan fingerprint density at radius 3 is 3.12 bits per heavy atom. The molecule has 0 aromatic carbocycles. The van der Waals surface area contributed by atoms with Gasteiger partial charge in [0, 0.05) is 18.7 Å². The Kier molecular flexibility index (Phi) is 2.27. The average Bonchev–Trinajstić information content (AvgIpc) is 2.92. The van der Waals surface area contributed by atoms with Gasteiger partial charge in [-0.05, 0) is 12.0 Å². The monoisotopic (exact) mass is 251 g/mol. The van der Waals surface area contributed by atoms with E-state index in [0.717, 1.165) is 6.42 Å². The summed E-state index contributed by atoms with van der Waals surface area (Å²) in [7, 11) is 0. The summed E-state index contributed by atoms with van der Waals surface area (Å²) >= 11 is 5.92. The quantitative estimate of drug-likeness (QED) is 0.775. The van der Waals surface area contributed by atoms with Crippen LogP contribution in [0.4, 0.5) is 5.95 Å². The number of imidazole rings is 1. The topological polar surface area (TPSA) is 89.8 Å². The van der Waals surface area contributed by atoms with Crippen LogP contribution in [0.3, 0.4) is 0 Å². The Balaban J connectivity index is 2.09. The minimum Gasteiger partial charge on any atom is -0.396 e. The van der Waals surface area contributed by atoms with Crippen molar-refractivity contribution in [2.75, 3.05) is 12.3 Å². The second kappa shape index (κ2) is 3.68. The molecule has 3 N–H and O–H groups in total. The fraction of sp³-hybridized carbons (Fsp3) is 0.300. The van der Waals surface area contributed by atoms with Crippen molar-refractivity contribution < 1.29 is 5.11 Å². The lowest BCUT2D eigenvalue weighted by atomic mass is 10.4. The molecular weight excluding hydrogens is 242 g/mol. The summed E-state index contributed by atoms with van der Waals surface area (Å²) in [5.41, 5.74) is 7.82. The van der Waals surface area contributed by atoms with Crippen molar-refractivity contribution in [3.63, 3.8) is 0 Å². The number of anilines is 1. The lowest BCUT2D eigenvalue weighted by molar-refractivity contribution is 0.281. The molecule has 0 bridgehead atoms. The summed E-state index contributed by atoms with van der Waals surface area (Å²) in [6, 6.07) is 0. The first-order valence-electron chi connectivity index (χ1n) is 5.16. The predicted octanol–water partition coefficient (Wildman–Crippen LogP) is 0.915. The molecule has 0 radical (unpaired) electrons. The number of aliphatic hydroxyl groups excluding tert-OH is 1. The zero-order chi connectivity index (χ0) is 12.0. The van der Waals surface area contributed by atoms with E-state index in [1.54, 1.807) is 10.9 Å². The molecule has 1 aliphatic rings. The highest BCUT2D eigenvalue weighted by atomic mass is 35.5. The van der Waals surface area contributed by atoms with E-state index in [1.165, 1.54) is 5.57 Å². The smallest absolute Gasteiger partial charge is 0.223 e. The van der Waals surface area contributed by atoms with E-state index in [0.29, 0.717) is 11.2 Å². The number of nitrogens with zero attached hydrogens (tertiary/aromatic N) is 4. The zero-order valence-electron chi connectivity index (χ0n) is 8.84. The average molecular weight is 252 g/mol. The molecule has 2 aromatic heterocycles. The fourth-order valence-electron chi connectivity index (χ4n) is 1.74. The highest BCUT2D eigenvalue weighted by Gasteiger charge is 2.28. The minimum atomic E-state index is 0.122. The van der Waals surface area contributed by atoms with E-state index in [4.69, 9.17) is 22.4 Å². The van der Waals surface area contributed by atoms with E-state index in [2.05, 4.69) is 15.0 Å². The van der Waals surface area contributed by atoms with Crippen LogP contribution in [0.2, 0.25) is 5.15 Å². The maximum atomic E-state index is 8.97. The second-order valence-electron chi connectivity index (χ2n) is 3.98. The van der Waals surface area contributed by atoms with Gasteiger partial charge in [0.25, 0.3) is 0 Å². The molecule has 1 atom stereocenters. The molecule has 88 valence electrons. The molecule has 7 heteroatoms. The number of hydrogen-bond acceptors (Lipinski definition) is 5. The molecule has 2 heterocycles. The van der Waals surface area contributed by atoms with Crippen LogP contribution >= 0.6 is 11.6 Å². The van der Waals surface area contributed by atoms with Crippen LogP contribution in [0, 0.1) is 5.92 Å². The van der Waals surface area contributed by atoms with Gasteiger partial charge in [0.15, 0.2) is 10.8 Å². The van der Waals surface area contributed by atoms with E-state index in [1.807, 2.05) is 6.20 Å². The van der Waals surface area contributed by atoms with E-state index in [9.17, 15) is 0 Å². The fourth-order valence-corrected chi connectivity index (χ4v) is 1.96. The van der Waals surface area contributed by atoms with Crippen LogP contribution in [0.15, 0.2) is 11.9 Å². The Hall–Kier alpha value is -1.66. The van der Waals surface area contributed by atoms with Gasteiger partial charge in [0.1, 0.15) is 11.8 Å². The number of aromatic nitrogens is 4. The van der Waals surface area contributed by atoms with Crippen molar-refractivity contribution >= 4 is 34.9 Å². The van der Waals surface area contributed by atoms with Gasteiger partial charge in [0.05, 0.1) is 0 Å². The molecule has 6 nitrogen and oxygen atoms in total. The molecule has 1 fully saturated rings. The number of fused-ring (bicyclic) bond motifs is 1. The Morgan fingerprint density at radius 2 is 2.41 bits per heavy atom. The summed E-state index contributed by atoms with van der Waals surface area (Å²) < 4.78 is 1.75. The van der Waals surface area contributed by atoms with Crippen molar-refractivity contribution in [1.82, 2.24) is 19.5 Å². The highest BCUT2D eigenvalue weighted by molar-refractivity contribution is 6.33. The van der Waals surface area contributed by atoms with Gasteiger partial charge in [-0.15, -0.1) is 0 Å². The van der Waals surface area contributed by atoms with Crippen molar-refractivity contribution in [1.29, 1.82) is 0 Å². The lowest BCUT2D eigenvalue weighted by Crippen LogP contribution is -1.97. The number of rotatable bonds is 2. The van der Waals surface area contributed by atoms with E-state index in [-0.39, 0.29) is 23.6 Å². The van der Waals surface area contributed by atoms with Crippen molar-refractivity contribution in [2.24, 2.45) is 5.92 Å². The zero-order valence-corrected chi connectivity index (χ0v) is 9.59. The van der Waals surface area contributed by atoms with Gasteiger partial charge < -0.3 is 10.8 Å². The molecule has 17 heavy (non-hydrogen) atoms. The number of halogens is 1. The van der Waals surface area contributed by atoms with Crippen LogP contribution in [-0.2, 0) is 0 Å². The molecule has 2 aromatic rings. The third-order valence-electron chi connectivity index (χ3n) is 2.77. The normalized spacial score (nSPS) is 21.3. The van der Waals surface area contributed by atoms with E-state index >= 15 is 0 Å². The number of hydrogen-bond donors (Lipinski definition) is 2. The van der Waals surface area contributed by atoms with E-state index < -0.39 is 0 Å². The summed E-state index contributed by atoms with van der Waals surface area (Å²) in [4.78, 5) is 12.1. The molecular formula is C10H10ClN5O. The summed E-state index contributed by atoms with van der Waals surface area (Å²) in [6.45, 7) is 0.177. The van der Waals surface area contributed by atoms with Gasteiger partial charge in [0.2, 0.25) is 5.95 Å². The minimum absolute atomic E-state index is 0.122. The van der Waals surface area contributed by atoms with Crippen molar-refractivity contribution in [2.45, 2.75) is 6.42 Å². The van der Waals surface area contributed by atoms with Crippen LogP contribution in [0.5, 0.6) is 0 Å². The van der Waals surface area contributed by atoms with Crippen LogP contribution in [0.25, 0.3) is 17.4 Å². The predicted molar refractivity (Wildman–Crippen MR) is 64.2 cm³/mol. The number of nitrogen functional groups attached to an aromatic ring is 1. The Morgan fingerprint density at radius 1 is 1.59 bits per heavy atom. The summed E-state index contributed by atoms with van der Waals surface area (Å²) in [5, 5.41) is 9.22. The van der Waals surface area contributed by atoms with Crippen LogP contribution in [-0.4, -0.2) is 31.2 Å². The first kappa shape index (κ1) is 10.5. The van der Waals surface area contributed by atoms with Gasteiger partial charge >= 0.3 is 0 Å². The largest absolute Gasteiger partial charge is 0.396 e. The third-order valence-corrected chi connectivity index (χ3v) is 3.03. The molecule has 0 spiro atoms. The maximum absolute atomic E-state index is 8.97. The molecule has 0 aliphatic heterocycles. The number of nitrogens with two attached hydrogens (primary N) is 1. The SMILES string of the molecule is Nc1nc(Cl)c2ncn(/C=C3/C[C@@H]3CO)c2n1. The second-order valence-corrected chi connectivity index (χ2v) is 4.34. The van der Waals surface area contributed by atoms with Gasteiger partial charge in [-0.25, -0.2) is 4.98 Å². The number of aliphatic hydroxyl groups is 1. The molecule has 0 saturated heterocycles. The highest BCUT2D eigenvalue weighted by Crippen LogP contribution is 2.37. The summed E-state index contributed by atoms with van der Waals surface area (Å²) in [5.74, 6) is 0.388. The van der Waals surface area contributed by atoms with Crippen molar-refractivity contribution in [3.05, 3.63) is 17.1 Å². The first-order valence-corrected chi connectivity index (χ1v) is 5.54. The maximum Gasteiger partial charge on any atom is 0.223 e. The van der Waals surface area contributed by atoms with Gasteiger partial charge in [-0.1, -0.05) is 11.6 Å². The molecule has 1 saturated carbocycles. The van der Waals surface area contributed by atoms with Crippen LogP contribution < -0.4 is 5.73 Å².